The molecule has 2 heterocycles. The van der Waals surface area contributed by atoms with Gasteiger partial charge in [-0.25, -0.2) is 4.98 Å². The molecule has 1 aromatic heterocycles. The minimum Gasteiger partial charge on any atom is -0.324 e. The first-order valence-electron chi connectivity index (χ1n) is 5.93. The monoisotopic (exact) mass is 242 g/mol. The van der Waals surface area contributed by atoms with Gasteiger partial charge in [-0.2, -0.15) is 0 Å². The van der Waals surface area contributed by atoms with E-state index in [-0.39, 0.29) is 5.91 Å². The molecule has 0 saturated carbocycles. The van der Waals surface area contributed by atoms with Crippen molar-refractivity contribution in [1.82, 2.24) is 9.55 Å². The minimum absolute atomic E-state index is 0.150. The van der Waals surface area contributed by atoms with E-state index in [2.05, 4.69) is 17.2 Å². The molecule has 1 aliphatic rings. The Hall–Kier alpha value is -2.14. The summed E-state index contributed by atoms with van der Waals surface area (Å²) in [6.45, 7) is 2.06. The standard InChI is InChI=1S/C13H14N4O/c1-2-11-15-5-6-17(11)8-3-4-9-10(7-8)16-13(18)12(9)14/h3-7,12H,2,14H2,1H3,(H,16,18). The molecule has 1 aromatic carbocycles. The molecule has 1 amide bonds. The van der Waals surface area contributed by atoms with E-state index in [0.717, 1.165) is 29.2 Å². The van der Waals surface area contributed by atoms with Crippen LogP contribution in [0.2, 0.25) is 0 Å². The smallest absolute Gasteiger partial charge is 0.245 e. The summed E-state index contributed by atoms with van der Waals surface area (Å²) in [5.41, 5.74) is 8.41. The summed E-state index contributed by atoms with van der Waals surface area (Å²) < 4.78 is 2.01. The number of benzene rings is 1. The summed E-state index contributed by atoms with van der Waals surface area (Å²) in [6, 6.07) is 5.23. The molecule has 0 fully saturated rings. The number of hydrogen-bond acceptors (Lipinski definition) is 3. The molecular weight excluding hydrogens is 228 g/mol. The number of aryl methyl sites for hydroxylation is 1. The number of carbonyl (C=O) groups excluding carboxylic acids is 1. The van der Waals surface area contributed by atoms with Crippen LogP contribution in [0.15, 0.2) is 30.6 Å². The number of nitrogens with one attached hydrogen (secondary N) is 1. The summed E-state index contributed by atoms with van der Waals surface area (Å²) >= 11 is 0. The van der Waals surface area contributed by atoms with E-state index in [1.165, 1.54) is 0 Å². The largest absolute Gasteiger partial charge is 0.324 e. The molecule has 3 N–H and O–H groups in total. The predicted molar refractivity (Wildman–Crippen MR) is 68.5 cm³/mol. The first-order chi connectivity index (χ1) is 8.70. The van der Waals surface area contributed by atoms with Gasteiger partial charge in [0, 0.05) is 35.8 Å². The zero-order chi connectivity index (χ0) is 12.7. The van der Waals surface area contributed by atoms with Crippen molar-refractivity contribution in [1.29, 1.82) is 0 Å². The van der Waals surface area contributed by atoms with E-state index in [4.69, 9.17) is 5.73 Å². The highest BCUT2D eigenvalue weighted by molar-refractivity contribution is 6.02. The van der Waals surface area contributed by atoms with Crippen LogP contribution in [0.1, 0.15) is 24.4 Å². The number of rotatable bonds is 2. The van der Waals surface area contributed by atoms with Crippen molar-refractivity contribution >= 4 is 11.6 Å². The zero-order valence-corrected chi connectivity index (χ0v) is 10.1. The van der Waals surface area contributed by atoms with Crippen molar-refractivity contribution in [2.24, 2.45) is 5.73 Å². The molecule has 1 unspecified atom stereocenters. The summed E-state index contributed by atoms with van der Waals surface area (Å²) in [5.74, 6) is 0.840. The summed E-state index contributed by atoms with van der Waals surface area (Å²) in [5, 5.41) is 2.79. The van der Waals surface area contributed by atoms with Crippen LogP contribution < -0.4 is 11.1 Å². The fourth-order valence-electron chi connectivity index (χ4n) is 2.26. The molecule has 0 spiro atoms. The number of carbonyl (C=O) groups is 1. The molecule has 2 aromatic rings. The van der Waals surface area contributed by atoms with E-state index < -0.39 is 6.04 Å². The topological polar surface area (TPSA) is 72.9 Å². The van der Waals surface area contributed by atoms with Crippen LogP contribution in [0.5, 0.6) is 0 Å². The second kappa shape index (κ2) is 3.96. The molecule has 0 bridgehead atoms. The van der Waals surface area contributed by atoms with Gasteiger partial charge >= 0.3 is 0 Å². The Labute approximate surface area is 105 Å². The zero-order valence-electron chi connectivity index (χ0n) is 10.1. The number of hydrogen-bond donors (Lipinski definition) is 2. The normalized spacial score (nSPS) is 17.7. The number of imidazole rings is 1. The second-order valence-electron chi connectivity index (χ2n) is 4.31. The van der Waals surface area contributed by atoms with Gasteiger partial charge < -0.3 is 15.6 Å². The van der Waals surface area contributed by atoms with Crippen LogP contribution in [0.25, 0.3) is 5.69 Å². The molecule has 18 heavy (non-hydrogen) atoms. The Bertz CT molecular complexity index is 617. The van der Waals surface area contributed by atoms with Gasteiger partial charge in [-0.1, -0.05) is 13.0 Å². The lowest BCUT2D eigenvalue weighted by molar-refractivity contribution is -0.116. The molecule has 92 valence electrons. The van der Waals surface area contributed by atoms with Crippen molar-refractivity contribution in [2.75, 3.05) is 5.32 Å². The van der Waals surface area contributed by atoms with Gasteiger partial charge in [0.25, 0.3) is 0 Å². The lowest BCUT2D eigenvalue weighted by Gasteiger charge is -2.08. The molecular formula is C13H14N4O. The van der Waals surface area contributed by atoms with E-state index in [1.54, 1.807) is 6.20 Å². The Balaban J connectivity index is 2.07. The second-order valence-corrected chi connectivity index (χ2v) is 4.31. The summed E-state index contributed by atoms with van der Waals surface area (Å²) in [7, 11) is 0. The number of nitrogens with two attached hydrogens (primary N) is 1. The Morgan fingerprint density at radius 1 is 1.50 bits per heavy atom. The maximum atomic E-state index is 11.5. The van der Waals surface area contributed by atoms with Crippen LogP contribution >= 0.6 is 0 Å². The van der Waals surface area contributed by atoms with Crippen molar-refractivity contribution in [3.05, 3.63) is 42.0 Å². The number of amides is 1. The Morgan fingerprint density at radius 2 is 2.33 bits per heavy atom. The highest BCUT2D eigenvalue weighted by Gasteiger charge is 2.27. The van der Waals surface area contributed by atoms with Gasteiger partial charge in [-0.15, -0.1) is 0 Å². The number of aromatic nitrogens is 2. The molecule has 5 nitrogen and oxygen atoms in total. The van der Waals surface area contributed by atoms with E-state index in [1.807, 2.05) is 29.0 Å². The highest BCUT2D eigenvalue weighted by Crippen LogP contribution is 2.31. The van der Waals surface area contributed by atoms with E-state index in [0.29, 0.717) is 0 Å². The van der Waals surface area contributed by atoms with E-state index in [9.17, 15) is 4.79 Å². The van der Waals surface area contributed by atoms with Crippen LogP contribution in [0, 0.1) is 0 Å². The van der Waals surface area contributed by atoms with Gasteiger partial charge in [0.15, 0.2) is 0 Å². The number of fused-ring (bicyclic) bond motifs is 1. The average molecular weight is 242 g/mol. The quantitative estimate of drug-likeness (QED) is 0.835. The Kier molecular flexibility index (Phi) is 2.41. The predicted octanol–water partition coefficient (Wildman–Crippen LogP) is 1.39. The van der Waals surface area contributed by atoms with Crippen molar-refractivity contribution < 1.29 is 4.79 Å². The molecule has 3 rings (SSSR count). The molecule has 1 atom stereocenters. The molecule has 0 radical (unpaired) electrons. The third-order valence-electron chi connectivity index (χ3n) is 3.22. The summed E-state index contributed by atoms with van der Waals surface area (Å²) in [6.07, 6.45) is 4.55. The van der Waals surface area contributed by atoms with Gasteiger partial charge in [-0.3, -0.25) is 4.79 Å². The molecule has 1 aliphatic heterocycles. The van der Waals surface area contributed by atoms with Gasteiger partial charge in [0.05, 0.1) is 0 Å². The molecule has 0 aliphatic carbocycles. The fraction of sp³-hybridized carbons (Fsp3) is 0.231. The Morgan fingerprint density at radius 3 is 3.11 bits per heavy atom. The van der Waals surface area contributed by atoms with Crippen LogP contribution in [0.4, 0.5) is 5.69 Å². The minimum atomic E-state index is -0.553. The average Bonchev–Trinajstić information content (AvgIpc) is 2.95. The molecule has 5 heteroatoms. The number of nitrogens with zero attached hydrogens (tertiary/aromatic N) is 2. The molecule has 0 saturated heterocycles. The lowest BCUT2D eigenvalue weighted by atomic mass is 10.1. The third kappa shape index (κ3) is 1.52. The van der Waals surface area contributed by atoms with Gasteiger partial charge in [0.2, 0.25) is 5.91 Å². The van der Waals surface area contributed by atoms with E-state index >= 15 is 0 Å². The van der Waals surface area contributed by atoms with Crippen molar-refractivity contribution in [3.8, 4) is 5.69 Å². The first kappa shape index (κ1) is 11.0. The summed E-state index contributed by atoms with van der Waals surface area (Å²) in [4.78, 5) is 15.8. The van der Waals surface area contributed by atoms with Crippen molar-refractivity contribution in [3.63, 3.8) is 0 Å². The maximum Gasteiger partial charge on any atom is 0.245 e. The van der Waals surface area contributed by atoms with Crippen LogP contribution in [0.3, 0.4) is 0 Å². The van der Waals surface area contributed by atoms with Crippen LogP contribution in [-0.4, -0.2) is 15.5 Å². The lowest BCUT2D eigenvalue weighted by Crippen LogP contribution is -2.19. The van der Waals surface area contributed by atoms with Gasteiger partial charge in [-0.05, 0) is 12.1 Å². The fourth-order valence-corrected chi connectivity index (χ4v) is 2.26. The maximum absolute atomic E-state index is 11.5. The highest BCUT2D eigenvalue weighted by atomic mass is 16.2. The number of anilines is 1. The van der Waals surface area contributed by atoms with Crippen molar-refractivity contribution in [2.45, 2.75) is 19.4 Å². The SMILES string of the molecule is CCc1nccn1-c1ccc2c(c1)NC(=O)C2N. The third-order valence-corrected chi connectivity index (χ3v) is 3.22. The van der Waals surface area contributed by atoms with Crippen LogP contribution in [-0.2, 0) is 11.2 Å². The first-order valence-corrected chi connectivity index (χ1v) is 5.93. The van der Waals surface area contributed by atoms with Gasteiger partial charge in [0.1, 0.15) is 11.9 Å².